The maximum absolute atomic E-state index is 12.4. The topological polar surface area (TPSA) is 54.5 Å². The maximum Gasteiger partial charge on any atom is 0.273 e. The van der Waals surface area contributed by atoms with E-state index < -0.39 is 15.9 Å². The van der Waals surface area contributed by atoms with Crippen LogP contribution in [-0.4, -0.2) is 14.3 Å². The Labute approximate surface area is 115 Å². The fourth-order valence-electron chi connectivity index (χ4n) is 2.02. The van der Waals surface area contributed by atoms with Gasteiger partial charge in [0.15, 0.2) is 0 Å². The summed E-state index contributed by atoms with van der Waals surface area (Å²) < 4.78 is 25.5. The molecule has 0 spiro atoms. The number of rotatable bonds is 1. The molecule has 6 heteroatoms. The number of benzene rings is 2. The van der Waals surface area contributed by atoms with Gasteiger partial charge in [0.2, 0.25) is 0 Å². The molecule has 0 saturated carbocycles. The molecule has 96 valence electrons. The first-order chi connectivity index (χ1) is 9.01. The van der Waals surface area contributed by atoms with Crippen LogP contribution in [0.5, 0.6) is 0 Å². The highest BCUT2D eigenvalue weighted by molar-refractivity contribution is 7.94. The van der Waals surface area contributed by atoms with Gasteiger partial charge in [0, 0.05) is 5.02 Å². The SMILES string of the molecule is O=C1c2ccccc2S(=O)(=O)N1c1ccc(Cl)cc1. The lowest BCUT2D eigenvalue weighted by molar-refractivity contribution is 0.101. The van der Waals surface area contributed by atoms with Crippen molar-refractivity contribution < 1.29 is 13.2 Å². The second-order valence-electron chi connectivity index (χ2n) is 4.05. The fraction of sp³-hybridized carbons (Fsp3) is 0. The Morgan fingerprint density at radius 1 is 0.947 bits per heavy atom. The zero-order chi connectivity index (χ0) is 13.6. The Morgan fingerprint density at radius 3 is 2.21 bits per heavy atom. The van der Waals surface area contributed by atoms with Crippen molar-refractivity contribution in [3.63, 3.8) is 0 Å². The maximum atomic E-state index is 12.4. The first-order valence-corrected chi connectivity index (χ1v) is 7.28. The van der Waals surface area contributed by atoms with Crippen LogP contribution in [0.3, 0.4) is 0 Å². The molecular formula is C13H8ClNO3S. The van der Waals surface area contributed by atoms with Crippen LogP contribution in [-0.2, 0) is 10.0 Å². The van der Waals surface area contributed by atoms with Crippen molar-refractivity contribution in [2.75, 3.05) is 4.31 Å². The van der Waals surface area contributed by atoms with E-state index in [-0.39, 0.29) is 16.1 Å². The number of carbonyl (C=O) groups is 1. The highest BCUT2D eigenvalue weighted by Crippen LogP contribution is 2.34. The van der Waals surface area contributed by atoms with E-state index in [1.54, 1.807) is 24.3 Å². The molecule has 0 atom stereocenters. The summed E-state index contributed by atoms with van der Waals surface area (Å²) in [7, 11) is -3.82. The highest BCUT2D eigenvalue weighted by atomic mass is 35.5. The quantitative estimate of drug-likeness (QED) is 0.812. The lowest BCUT2D eigenvalue weighted by Crippen LogP contribution is -2.29. The third-order valence-corrected chi connectivity index (χ3v) is 4.90. The predicted molar refractivity (Wildman–Crippen MR) is 71.9 cm³/mol. The molecular weight excluding hydrogens is 286 g/mol. The van der Waals surface area contributed by atoms with Crippen molar-refractivity contribution in [1.29, 1.82) is 0 Å². The third-order valence-electron chi connectivity index (χ3n) is 2.88. The van der Waals surface area contributed by atoms with Gasteiger partial charge in [-0.15, -0.1) is 0 Å². The van der Waals surface area contributed by atoms with Gasteiger partial charge in [0.05, 0.1) is 11.3 Å². The normalized spacial score (nSPS) is 16.5. The van der Waals surface area contributed by atoms with Crippen molar-refractivity contribution >= 4 is 33.2 Å². The minimum Gasteiger partial charge on any atom is -0.268 e. The molecule has 19 heavy (non-hydrogen) atoms. The number of anilines is 1. The standard InChI is InChI=1S/C13H8ClNO3S/c14-9-5-7-10(8-6-9)15-13(16)11-3-1-2-4-12(11)19(15,17)18/h1-8H. The summed E-state index contributed by atoms with van der Waals surface area (Å²) in [5.74, 6) is -0.544. The van der Waals surface area contributed by atoms with Crippen molar-refractivity contribution in [2.45, 2.75) is 4.90 Å². The molecule has 0 aromatic heterocycles. The largest absolute Gasteiger partial charge is 0.273 e. The number of halogens is 1. The average molecular weight is 294 g/mol. The van der Waals surface area contributed by atoms with E-state index in [4.69, 9.17) is 11.6 Å². The number of sulfonamides is 1. The zero-order valence-electron chi connectivity index (χ0n) is 9.58. The van der Waals surface area contributed by atoms with Crippen molar-refractivity contribution in [3.8, 4) is 0 Å². The predicted octanol–water partition coefficient (Wildman–Crippen LogP) is 2.69. The second-order valence-corrected chi connectivity index (χ2v) is 6.24. The third kappa shape index (κ3) is 1.74. The lowest BCUT2D eigenvalue weighted by atomic mass is 10.2. The van der Waals surface area contributed by atoms with E-state index in [9.17, 15) is 13.2 Å². The number of nitrogens with zero attached hydrogens (tertiary/aromatic N) is 1. The van der Waals surface area contributed by atoms with Crippen LogP contribution in [0.25, 0.3) is 0 Å². The van der Waals surface area contributed by atoms with Crippen LogP contribution in [0, 0.1) is 0 Å². The van der Waals surface area contributed by atoms with Crippen LogP contribution in [0.1, 0.15) is 10.4 Å². The molecule has 0 saturated heterocycles. The Balaban J connectivity index is 2.21. The van der Waals surface area contributed by atoms with Gasteiger partial charge in [-0.1, -0.05) is 23.7 Å². The number of fused-ring (bicyclic) bond motifs is 1. The molecule has 2 aromatic rings. The zero-order valence-corrected chi connectivity index (χ0v) is 11.1. The number of carbonyl (C=O) groups excluding carboxylic acids is 1. The van der Waals surface area contributed by atoms with Gasteiger partial charge >= 0.3 is 0 Å². The van der Waals surface area contributed by atoms with E-state index >= 15 is 0 Å². The van der Waals surface area contributed by atoms with Crippen molar-refractivity contribution in [3.05, 3.63) is 59.1 Å². The molecule has 0 radical (unpaired) electrons. The Hall–Kier alpha value is -1.85. The summed E-state index contributed by atoms with van der Waals surface area (Å²) in [5.41, 5.74) is 0.475. The van der Waals surface area contributed by atoms with Crippen LogP contribution in [0.2, 0.25) is 5.02 Å². The number of hydrogen-bond donors (Lipinski definition) is 0. The van der Waals surface area contributed by atoms with Crippen LogP contribution in [0.4, 0.5) is 5.69 Å². The van der Waals surface area contributed by atoms with Gasteiger partial charge in [-0.25, -0.2) is 8.42 Å². The second kappa shape index (κ2) is 4.08. The molecule has 1 aliphatic heterocycles. The first kappa shape index (κ1) is 12.2. The molecule has 0 bridgehead atoms. The van der Waals surface area contributed by atoms with Gasteiger partial charge in [0.25, 0.3) is 15.9 Å². The summed E-state index contributed by atoms with van der Waals surface area (Å²) in [6.07, 6.45) is 0. The van der Waals surface area contributed by atoms with Crippen molar-refractivity contribution in [1.82, 2.24) is 0 Å². The molecule has 3 rings (SSSR count). The molecule has 0 fully saturated rings. The molecule has 1 aliphatic rings. The smallest absolute Gasteiger partial charge is 0.268 e. The molecule has 0 N–H and O–H groups in total. The van der Waals surface area contributed by atoms with Crippen LogP contribution >= 0.6 is 11.6 Å². The number of amides is 1. The van der Waals surface area contributed by atoms with E-state index in [0.717, 1.165) is 4.31 Å². The monoisotopic (exact) mass is 293 g/mol. The van der Waals surface area contributed by atoms with E-state index in [0.29, 0.717) is 5.02 Å². The van der Waals surface area contributed by atoms with Gasteiger partial charge < -0.3 is 0 Å². The van der Waals surface area contributed by atoms with Crippen molar-refractivity contribution in [2.24, 2.45) is 0 Å². The Kier molecular flexibility index (Phi) is 2.62. The van der Waals surface area contributed by atoms with E-state index in [1.165, 1.54) is 24.3 Å². The lowest BCUT2D eigenvalue weighted by Gasteiger charge is -2.14. The summed E-state index contributed by atoms with van der Waals surface area (Å²) in [5, 5.41) is 0.477. The van der Waals surface area contributed by atoms with Crippen LogP contribution < -0.4 is 4.31 Å². The molecule has 4 nitrogen and oxygen atoms in total. The summed E-state index contributed by atoms with van der Waals surface area (Å²) in [6, 6.07) is 12.3. The van der Waals surface area contributed by atoms with Gasteiger partial charge in [-0.05, 0) is 36.4 Å². The summed E-state index contributed by atoms with van der Waals surface area (Å²) in [4.78, 5) is 12.2. The first-order valence-electron chi connectivity index (χ1n) is 5.46. The van der Waals surface area contributed by atoms with Gasteiger partial charge in [0.1, 0.15) is 4.90 Å². The average Bonchev–Trinajstić information content (AvgIpc) is 2.60. The molecule has 1 heterocycles. The van der Waals surface area contributed by atoms with Crippen LogP contribution in [0.15, 0.2) is 53.4 Å². The fourth-order valence-corrected chi connectivity index (χ4v) is 3.74. The molecule has 1 amide bonds. The Bertz CT molecular complexity index is 769. The summed E-state index contributed by atoms with van der Waals surface area (Å²) in [6.45, 7) is 0. The minimum atomic E-state index is -3.82. The highest BCUT2D eigenvalue weighted by Gasteiger charge is 2.41. The minimum absolute atomic E-state index is 0.0370. The summed E-state index contributed by atoms with van der Waals surface area (Å²) >= 11 is 5.76. The molecule has 0 unspecified atom stereocenters. The van der Waals surface area contributed by atoms with Gasteiger partial charge in [-0.3, -0.25) is 4.79 Å². The van der Waals surface area contributed by atoms with Gasteiger partial charge in [-0.2, -0.15) is 4.31 Å². The molecule has 0 aliphatic carbocycles. The number of hydrogen-bond acceptors (Lipinski definition) is 3. The molecule has 2 aromatic carbocycles. The van der Waals surface area contributed by atoms with E-state index in [1.807, 2.05) is 0 Å². The Morgan fingerprint density at radius 2 is 1.58 bits per heavy atom. The van der Waals surface area contributed by atoms with E-state index in [2.05, 4.69) is 0 Å².